The second kappa shape index (κ2) is 9.58. The Labute approximate surface area is 196 Å². The van der Waals surface area contributed by atoms with E-state index in [9.17, 15) is 19.2 Å². The number of ketones is 1. The number of hydrogen-bond acceptors (Lipinski definition) is 5. The fourth-order valence-corrected chi connectivity index (χ4v) is 4.36. The molecule has 0 aromatic heterocycles. The molecule has 0 atom stereocenters. The molecule has 2 aromatic rings. The van der Waals surface area contributed by atoms with Crippen molar-refractivity contribution in [2.24, 2.45) is 0 Å². The van der Waals surface area contributed by atoms with Crippen molar-refractivity contribution in [3.63, 3.8) is 0 Å². The third-order valence-corrected chi connectivity index (χ3v) is 6.31. The highest BCUT2D eigenvalue weighted by molar-refractivity contribution is 6.48. The smallest absolute Gasteiger partial charge is 0.279 e. The van der Waals surface area contributed by atoms with Crippen LogP contribution in [0.25, 0.3) is 0 Å². The molecule has 1 saturated carbocycles. The number of Topliss-reactive ketones (excluding diaryl/α,β-unsaturated/α-hetero) is 1. The van der Waals surface area contributed by atoms with Gasteiger partial charge in [0.15, 0.2) is 5.78 Å². The summed E-state index contributed by atoms with van der Waals surface area (Å²) in [6.45, 7) is 1.48. The minimum atomic E-state index is -0.456. The second-order valence-electron chi connectivity index (χ2n) is 8.25. The molecule has 2 aliphatic rings. The van der Waals surface area contributed by atoms with Gasteiger partial charge in [0, 0.05) is 28.5 Å². The summed E-state index contributed by atoms with van der Waals surface area (Å²) >= 11 is 6.21. The number of carbonyl (C=O) groups is 4. The van der Waals surface area contributed by atoms with Gasteiger partial charge in [0.05, 0.1) is 0 Å². The molecule has 2 aromatic carbocycles. The van der Waals surface area contributed by atoms with Gasteiger partial charge in [0.1, 0.15) is 10.7 Å². The summed E-state index contributed by atoms with van der Waals surface area (Å²) in [4.78, 5) is 50.7. The summed E-state index contributed by atoms with van der Waals surface area (Å²) in [5.41, 5.74) is 2.15. The number of anilines is 2. The molecule has 3 amide bonds. The standard InChI is InChI=1S/C25H24ClN3O4/c1-15(30)16-7-11-19(12-8-16)28-23(31)17-9-13-18(14-10-17)27-22-21(26)24(32)29(25(22)33)20-5-3-2-4-6-20/h7-14,20,27H,2-6H2,1H3,(H,28,31). The zero-order chi connectivity index (χ0) is 23.5. The minimum Gasteiger partial charge on any atom is -0.350 e. The van der Waals surface area contributed by atoms with Crippen LogP contribution in [0.15, 0.2) is 59.3 Å². The Hall–Kier alpha value is -3.45. The van der Waals surface area contributed by atoms with Gasteiger partial charge in [-0.3, -0.25) is 24.1 Å². The molecule has 0 unspecified atom stereocenters. The molecule has 170 valence electrons. The van der Waals surface area contributed by atoms with Gasteiger partial charge in [-0.05, 0) is 68.3 Å². The first kappa shape index (κ1) is 22.7. The normalized spacial score (nSPS) is 16.8. The summed E-state index contributed by atoms with van der Waals surface area (Å²) in [6.07, 6.45) is 4.70. The number of amides is 3. The van der Waals surface area contributed by atoms with Crippen molar-refractivity contribution in [1.82, 2.24) is 4.90 Å². The van der Waals surface area contributed by atoms with Crippen LogP contribution in [0.4, 0.5) is 11.4 Å². The van der Waals surface area contributed by atoms with E-state index < -0.39 is 11.8 Å². The molecule has 4 rings (SSSR count). The Balaban J connectivity index is 1.41. The van der Waals surface area contributed by atoms with E-state index in [2.05, 4.69) is 10.6 Å². The summed E-state index contributed by atoms with van der Waals surface area (Å²) in [6, 6.07) is 13.0. The van der Waals surface area contributed by atoms with E-state index in [4.69, 9.17) is 11.6 Å². The van der Waals surface area contributed by atoms with Crippen molar-refractivity contribution in [2.45, 2.75) is 45.1 Å². The summed E-state index contributed by atoms with van der Waals surface area (Å²) < 4.78 is 0. The molecule has 1 aliphatic carbocycles. The van der Waals surface area contributed by atoms with Crippen LogP contribution in [0.5, 0.6) is 0 Å². The van der Waals surface area contributed by atoms with E-state index in [0.29, 0.717) is 22.5 Å². The van der Waals surface area contributed by atoms with Gasteiger partial charge in [-0.2, -0.15) is 0 Å². The third kappa shape index (κ3) is 4.83. The average molecular weight is 466 g/mol. The molecule has 1 aliphatic heterocycles. The van der Waals surface area contributed by atoms with Crippen LogP contribution >= 0.6 is 11.6 Å². The van der Waals surface area contributed by atoms with Crippen molar-refractivity contribution in [3.8, 4) is 0 Å². The van der Waals surface area contributed by atoms with Gasteiger partial charge >= 0.3 is 0 Å². The van der Waals surface area contributed by atoms with Crippen LogP contribution in [0, 0.1) is 0 Å². The molecule has 0 spiro atoms. The van der Waals surface area contributed by atoms with Crippen molar-refractivity contribution >= 4 is 46.5 Å². The number of nitrogens with one attached hydrogen (secondary N) is 2. The summed E-state index contributed by atoms with van der Waals surface area (Å²) in [7, 11) is 0. The SMILES string of the molecule is CC(=O)c1ccc(NC(=O)c2ccc(NC3=C(Cl)C(=O)N(C4CCCCC4)C3=O)cc2)cc1. The minimum absolute atomic E-state index is 0.0458. The van der Waals surface area contributed by atoms with Gasteiger partial charge in [0.25, 0.3) is 17.7 Å². The molecule has 0 bridgehead atoms. The second-order valence-corrected chi connectivity index (χ2v) is 8.63. The Morgan fingerprint density at radius 2 is 1.42 bits per heavy atom. The zero-order valence-corrected chi connectivity index (χ0v) is 18.9. The van der Waals surface area contributed by atoms with Crippen LogP contribution in [0.2, 0.25) is 0 Å². The van der Waals surface area contributed by atoms with Crippen LogP contribution in [0.1, 0.15) is 59.7 Å². The maximum Gasteiger partial charge on any atom is 0.279 e. The van der Waals surface area contributed by atoms with E-state index in [1.165, 1.54) is 11.8 Å². The Morgan fingerprint density at radius 1 is 0.848 bits per heavy atom. The predicted molar refractivity (Wildman–Crippen MR) is 126 cm³/mol. The number of benzene rings is 2. The molecular formula is C25H24ClN3O4. The molecule has 1 heterocycles. The highest BCUT2D eigenvalue weighted by atomic mass is 35.5. The lowest BCUT2D eigenvalue weighted by molar-refractivity contribution is -0.140. The topological polar surface area (TPSA) is 95.6 Å². The maximum absolute atomic E-state index is 12.9. The highest BCUT2D eigenvalue weighted by Gasteiger charge is 2.42. The van der Waals surface area contributed by atoms with E-state index in [-0.39, 0.29) is 28.5 Å². The lowest BCUT2D eigenvalue weighted by Gasteiger charge is -2.29. The first-order chi connectivity index (χ1) is 15.8. The van der Waals surface area contributed by atoms with E-state index >= 15 is 0 Å². The van der Waals surface area contributed by atoms with Gasteiger partial charge in [-0.15, -0.1) is 0 Å². The predicted octanol–water partition coefficient (Wildman–Crippen LogP) is 4.71. The van der Waals surface area contributed by atoms with Crippen LogP contribution in [0.3, 0.4) is 0 Å². The molecule has 1 fully saturated rings. The molecular weight excluding hydrogens is 442 g/mol. The van der Waals surface area contributed by atoms with Crippen LogP contribution in [-0.4, -0.2) is 34.4 Å². The molecule has 2 N–H and O–H groups in total. The lowest BCUT2D eigenvalue weighted by atomic mass is 9.94. The van der Waals surface area contributed by atoms with Crippen molar-refractivity contribution in [1.29, 1.82) is 0 Å². The number of rotatable bonds is 6. The Morgan fingerprint density at radius 3 is 2.03 bits per heavy atom. The summed E-state index contributed by atoms with van der Waals surface area (Å²) in [5.74, 6) is -1.23. The van der Waals surface area contributed by atoms with Crippen molar-refractivity contribution in [2.75, 3.05) is 10.6 Å². The largest absolute Gasteiger partial charge is 0.350 e. The first-order valence-corrected chi connectivity index (χ1v) is 11.3. The van der Waals surface area contributed by atoms with E-state index in [1.54, 1.807) is 48.5 Å². The summed E-state index contributed by atoms with van der Waals surface area (Å²) in [5, 5.41) is 5.61. The Kier molecular flexibility index (Phi) is 6.60. The van der Waals surface area contributed by atoms with Gasteiger partial charge in [0.2, 0.25) is 0 Å². The van der Waals surface area contributed by atoms with Crippen molar-refractivity contribution < 1.29 is 19.2 Å². The first-order valence-electron chi connectivity index (χ1n) is 10.9. The average Bonchev–Trinajstić information content (AvgIpc) is 3.03. The van der Waals surface area contributed by atoms with Gasteiger partial charge < -0.3 is 10.6 Å². The molecule has 33 heavy (non-hydrogen) atoms. The van der Waals surface area contributed by atoms with E-state index in [0.717, 1.165) is 32.1 Å². The highest BCUT2D eigenvalue weighted by Crippen LogP contribution is 2.32. The number of nitrogens with zero attached hydrogens (tertiary/aromatic N) is 1. The maximum atomic E-state index is 12.9. The third-order valence-electron chi connectivity index (χ3n) is 5.96. The van der Waals surface area contributed by atoms with Crippen molar-refractivity contribution in [3.05, 3.63) is 70.4 Å². The van der Waals surface area contributed by atoms with Gasteiger partial charge in [-0.1, -0.05) is 30.9 Å². The number of halogens is 1. The molecule has 7 nitrogen and oxygen atoms in total. The number of hydrogen-bond donors (Lipinski definition) is 2. The zero-order valence-electron chi connectivity index (χ0n) is 18.2. The van der Waals surface area contributed by atoms with Crippen LogP contribution < -0.4 is 10.6 Å². The fraction of sp³-hybridized carbons (Fsp3) is 0.280. The Bertz CT molecular complexity index is 1130. The molecule has 8 heteroatoms. The fourth-order valence-electron chi connectivity index (χ4n) is 4.14. The lowest BCUT2D eigenvalue weighted by Crippen LogP contribution is -2.42. The van der Waals surface area contributed by atoms with Gasteiger partial charge in [-0.25, -0.2) is 0 Å². The number of carbonyl (C=O) groups excluding carboxylic acids is 4. The van der Waals surface area contributed by atoms with Crippen LogP contribution in [-0.2, 0) is 9.59 Å². The number of imide groups is 1. The monoisotopic (exact) mass is 465 g/mol. The van der Waals surface area contributed by atoms with E-state index in [1.807, 2.05) is 0 Å². The molecule has 0 saturated heterocycles. The quantitative estimate of drug-likeness (QED) is 0.476. The molecule has 0 radical (unpaired) electrons.